The predicted molar refractivity (Wildman–Crippen MR) is 92.7 cm³/mol. The Morgan fingerprint density at radius 2 is 1.71 bits per heavy atom. The number of benzene rings is 3. The minimum atomic E-state index is -0.383. The van der Waals surface area contributed by atoms with Gasteiger partial charge in [0.15, 0.2) is 0 Å². The summed E-state index contributed by atoms with van der Waals surface area (Å²) in [6.07, 6.45) is 0. The highest BCUT2D eigenvalue weighted by atomic mass is 16.5. The SMILES string of the molecule is CC(=O)N(O)Cc1ccc(OCc2cccc3ccccc23)cc1. The lowest BCUT2D eigenvalue weighted by molar-refractivity contribution is -0.165. The van der Waals surface area contributed by atoms with Crippen LogP contribution in [0.1, 0.15) is 18.1 Å². The fourth-order valence-corrected chi connectivity index (χ4v) is 2.55. The molecule has 3 aromatic carbocycles. The van der Waals surface area contributed by atoms with E-state index in [4.69, 9.17) is 4.74 Å². The van der Waals surface area contributed by atoms with Crippen LogP contribution < -0.4 is 4.74 Å². The van der Waals surface area contributed by atoms with Gasteiger partial charge in [-0.3, -0.25) is 10.0 Å². The van der Waals surface area contributed by atoms with E-state index < -0.39 is 0 Å². The summed E-state index contributed by atoms with van der Waals surface area (Å²) < 4.78 is 5.86. The number of nitrogens with zero attached hydrogens (tertiary/aromatic N) is 1. The number of amides is 1. The Bertz CT molecular complexity index is 838. The van der Waals surface area contributed by atoms with Crippen LogP contribution in [0.4, 0.5) is 0 Å². The van der Waals surface area contributed by atoms with Gasteiger partial charge in [-0.1, -0.05) is 54.6 Å². The second-order valence-corrected chi connectivity index (χ2v) is 5.65. The molecule has 0 unspecified atom stereocenters. The molecule has 4 nitrogen and oxygen atoms in total. The molecule has 0 fully saturated rings. The van der Waals surface area contributed by atoms with Gasteiger partial charge in [-0.2, -0.15) is 0 Å². The summed E-state index contributed by atoms with van der Waals surface area (Å²) in [5, 5.41) is 12.5. The third kappa shape index (κ3) is 3.73. The van der Waals surface area contributed by atoms with E-state index in [0.29, 0.717) is 11.7 Å². The fourth-order valence-electron chi connectivity index (χ4n) is 2.55. The summed E-state index contributed by atoms with van der Waals surface area (Å²) in [5.74, 6) is 0.366. The highest BCUT2D eigenvalue weighted by Gasteiger charge is 2.06. The van der Waals surface area contributed by atoms with Gasteiger partial charge in [0.05, 0.1) is 6.54 Å². The van der Waals surface area contributed by atoms with Gasteiger partial charge in [0.1, 0.15) is 12.4 Å². The molecular weight excluding hydrogens is 302 g/mol. The molecule has 3 aromatic rings. The molecule has 0 spiro atoms. The van der Waals surface area contributed by atoms with E-state index in [2.05, 4.69) is 24.3 Å². The molecule has 0 aliphatic rings. The standard InChI is InChI=1S/C20H19NO3/c1-15(22)21(23)13-16-9-11-19(12-10-16)24-14-18-7-4-6-17-5-2-3-8-20(17)18/h2-12,23H,13-14H2,1H3. The molecule has 0 heterocycles. The quantitative estimate of drug-likeness (QED) is 0.567. The van der Waals surface area contributed by atoms with Crippen LogP contribution in [0.15, 0.2) is 66.7 Å². The largest absolute Gasteiger partial charge is 0.489 e. The monoisotopic (exact) mass is 321 g/mol. The van der Waals surface area contributed by atoms with E-state index >= 15 is 0 Å². The molecule has 0 aliphatic carbocycles. The average Bonchev–Trinajstić information content (AvgIpc) is 2.61. The van der Waals surface area contributed by atoms with Crippen LogP contribution in [0.5, 0.6) is 5.75 Å². The summed E-state index contributed by atoms with van der Waals surface area (Å²) in [6, 6.07) is 21.8. The maximum Gasteiger partial charge on any atom is 0.243 e. The Labute approximate surface area is 140 Å². The molecule has 122 valence electrons. The highest BCUT2D eigenvalue weighted by Crippen LogP contribution is 2.21. The topological polar surface area (TPSA) is 49.8 Å². The van der Waals surface area contributed by atoms with E-state index in [9.17, 15) is 10.0 Å². The van der Waals surface area contributed by atoms with Crippen molar-refractivity contribution < 1.29 is 14.7 Å². The Balaban J connectivity index is 1.67. The van der Waals surface area contributed by atoms with Crippen LogP contribution in [0, 0.1) is 0 Å². The van der Waals surface area contributed by atoms with Gasteiger partial charge < -0.3 is 4.74 Å². The van der Waals surface area contributed by atoms with E-state index in [1.165, 1.54) is 17.7 Å². The van der Waals surface area contributed by atoms with Gasteiger partial charge in [-0.15, -0.1) is 0 Å². The molecule has 1 N–H and O–H groups in total. The van der Waals surface area contributed by atoms with Gasteiger partial charge >= 0.3 is 0 Å². The number of hydroxylamine groups is 2. The van der Waals surface area contributed by atoms with Crippen molar-refractivity contribution in [2.75, 3.05) is 0 Å². The lowest BCUT2D eigenvalue weighted by Gasteiger charge is -2.13. The molecule has 0 aliphatic heterocycles. The van der Waals surface area contributed by atoms with Gasteiger partial charge in [0.2, 0.25) is 5.91 Å². The van der Waals surface area contributed by atoms with E-state index in [1.807, 2.05) is 42.5 Å². The summed E-state index contributed by atoms with van der Waals surface area (Å²) in [6.45, 7) is 1.97. The predicted octanol–water partition coefficient (Wildman–Crippen LogP) is 4.16. The molecule has 0 bridgehead atoms. The van der Waals surface area contributed by atoms with Gasteiger partial charge in [-0.05, 0) is 34.0 Å². The Hall–Kier alpha value is -2.85. The van der Waals surface area contributed by atoms with Crippen LogP contribution in [0.25, 0.3) is 10.8 Å². The van der Waals surface area contributed by atoms with Gasteiger partial charge in [-0.25, -0.2) is 5.06 Å². The minimum Gasteiger partial charge on any atom is -0.489 e. The summed E-state index contributed by atoms with van der Waals surface area (Å²) >= 11 is 0. The number of rotatable bonds is 5. The maximum absolute atomic E-state index is 11.0. The van der Waals surface area contributed by atoms with E-state index in [-0.39, 0.29) is 12.5 Å². The van der Waals surface area contributed by atoms with E-state index in [0.717, 1.165) is 16.9 Å². The number of carbonyl (C=O) groups is 1. The Morgan fingerprint density at radius 1 is 1.00 bits per heavy atom. The van der Waals surface area contributed by atoms with Crippen molar-refractivity contribution in [1.82, 2.24) is 5.06 Å². The molecule has 3 rings (SSSR count). The summed E-state index contributed by atoms with van der Waals surface area (Å²) in [4.78, 5) is 11.0. The van der Waals surface area contributed by atoms with Crippen LogP contribution in [0.3, 0.4) is 0 Å². The average molecular weight is 321 g/mol. The minimum absolute atomic E-state index is 0.166. The first-order valence-corrected chi connectivity index (χ1v) is 7.79. The third-order valence-electron chi connectivity index (χ3n) is 3.89. The highest BCUT2D eigenvalue weighted by molar-refractivity contribution is 5.85. The van der Waals surface area contributed by atoms with Crippen LogP contribution in [-0.2, 0) is 17.9 Å². The first-order valence-electron chi connectivity index (χ1n) is 7.79. The molecule has 0 radical (unpaired) electrons. The zero-order valence-electron chi connectivity index (χ0n) is 13.5. The van der Waals surface area contributed by atoms with E-state index in [1.54, 1.807) is 0 Å². The smallest absolute Gasteiger partial charge is 0.243 e. The Kier molecular flexibility index (Phi) is 4.77. The van der Waals surface area contributed by atoms with Crippen molar-refractivity contribution in [1.29, 1.82) is 0 Å². The van der Waals surface area contributed by atoms with Crippen molar-refractivity contribution in [3.8, 4) is 5.75 Å². The number of fused-ring (bicyclic) bond motifs is 1. The van der Waals surface area contributed by atoms with Crippen LogP contribution in [-0.4, -0.2) is 16.2 Å². The third-order valence-corrected chi connectivity index (χ3v) is 3.89. The van der Waals surface area contributed by atoms with Crippen molar-refractivity contribution >= 4 is 16.7 Å². The fraction of sp³-hybridized carbons (Fsp3) is 0.150. The maximum atomic E-state index is 11.0. The zero-order chi connectivity index (χ0) is 16.9. The number of ether oxygens (including phenoxy) is 1. The second-order valence-electron chi connectivity index (χ2n) is 5.65. The van der Waals surface area contributed by atoms with Gasteiger partial charge in [0, 0.05) is 6.92 Å². The second kappa shape index (κ2) is 7.15. The molecule has 0 aromatic heterocycles. The van der Waals surface area contributed by atoms with Crippen molar-refractivity contribution in [2.45, 2.75) is 20.1 Å². The number of hydrogen-bond acceptors (Lipinski definition) is 3. The van der Waals surface area contributed by atoms with Gasteiger partial charge in [0.25, 0.3) is 0 Å². The molecule has 0 saturated heterocycles. The molecule has 0 atom stereocenters. The summed E-state index contributed by atoms with van der Waals surface area (Å²) in [7, 11) is 0. The molecule has 0 saturated carbocycles. The first-order chi connectivity index (χ1) is 11.6. The zero-order valence-corrected chi connectivity index (χ0v) is 13.5. The van der Waals surface area contributed by atoms with Crippen LogP contribution in [0.2, 0.25) is 0 Å². The number of hydrogen-bond donors (Lipinski definition) is 1. The lowest BCUT2D eigenvalue weighted by atomic mass is 10.1. The number of carbonyl (C=O) groups excluding carboxylic acids is 1. The molecule has 4 heteroatoms. The van der Waals surface area contributed by atoms with Crippen LogP contribution >= 0.6 is 0 Å². The normalized spacial score (nSPS) is 10.6. The first kappa shape index (κ1) is 16.0. The van der Waals surface area contributed by atoms with Crippen molar-refractivity contribution in [2.24, 2.45) is 0 Å². The van der Waals surface area contributed by atoms with Crippen molar-refractivity contribution in [3.05, 3.63) is 77.9 Å². The molecular formula is C20H19NO3. The molecule has 1 amide bonds. The van der Waals surface area contributed by atoms with Crippen molar-refractivity contribution in [3.63, 3.8) is 0 Å². The lowest BCUT2D eigenvalue weighted by Crippen LogP contribution is -2.23. The Morgan fingerprint density at radius 3 is 2.46 bits per heavy atom. The summed E-state index contributed by atoms with van der Waals surface area (Å²) in [5.41, 5.74) is 1.97. The molecule has 24 heavy (non-hydrogen) atoms.